The molecule has 1 aromatic rings. The van der Waals surface area contributed by atoms with Gasteiger partial charge in [0, 0.05) is 24.9 Å². The molecule has 4 nitrogen and oxygen atoms in total. The Morgan fingerprint density at radius 3 is 2.36 bits per heavy atom. The smallest absolute Gasteiger partial charge is 0.217 e. The maximum Gasteiger partial charge on any atom is 0.217 e. The third-order valence-corrected chi connectivity index (χ3v) is 6.26. The zero-order valence-electron chi connectivity index (χ0n) is 16.6. The number of benzene rings is 1. The lowest BCUT2D eigenvalue weighted by Gasteiger charge is -2.34. The number of rotatable bonds is 6. The summed E-state index contributed by atoms with van der Waals surface area (Å²) in [7, 11) is 0. The molecule has 1 heterocycles. The van der Waals surface area contributed by atoms with Gasteiger partial charge in [-0.1, -0.05) is 0 Å². The van der Waals surface area contributed by atoms with E-state index in [1.54, 1.807) is 6.92 Å². The van der Waals surface area contributed by atoms with Crippen LogP contribution < -0.4 is 5.32 Å². The standard InChI is InChI=1S/C22H30F2N2O2/c1-15(27)25-19-5-2-16(3-6-19)8-11-26-12-9-17(10-13-26)22(28)20-7-4-18(23)14-21(20)24/h4,7,14,16-17,19H,2-3,5-6,8-13H2,1H3,(H,25,27). The van der Waals surface area contributed by atoms with Crippen molar-refractivity contribution in [2.45, 2.75) is 57.9 Å². The topological polar surface area (TPSA) is 49.4 Å². The van der Waals surface area contributed by atoms with E-state index in [1.807, 2.05) is 0 Å². The van der Waals surface area contributed by atoms with Crippen LogP contribution in [0.15, 0.2) is 18.2 Å². The van der Waals surface area contributed by atoms with E-state index in [4.69, 9.17) is 0 Å². The Hall–Kier alpha value is -1.82. The maximum absolute atomic E-state index is 13.9. The summed E-state index contributed by atoms with van der Waals surface area (Å²) in [6.45, 7) is 4.30. The minimum Gasteiger partial charge on any atom is -0.354 e. The monoisotopic (exact) mass is 392 g/mol. The Labute approximate surface area is 165 Å². The number of nitrogens with zero attached hydrogens (tertiary/aromatic N) is 1. The summed E-state index contributed by atoms with van der Waals surface area (Å²) in [4.78, 5) is 26.1. The first-order valence-electron chi connectivity index (χ1n) is 10.4. The molecule has 6 heteroatoms. The summed E-state index contributed by atoms with van der Waals surface area (Å²) in [6.07, 6.45) is 7.04. The van der Waals surface area contributed by atoms with Crippen LogP contribution in [0.4, 0.5) is 8.78 Å². The number of amides is 1. The second-order valence-electron chi connectivity index (χ2n) is 8.31. The summed E-state index contributed by atoms with van der Waals surface area (Å²) >= 11 is 0. The van der Waals surface area contributed by atoms with Gasteiger partial charge in [0.2, 0.25) is 5.91 Å². The molecule has 1 aromatic carbocycles. The van der Waals surface area contributed by atoms with E-state index >= 15 is 0 Å². The normalized spacial score (nSPS) is 24.1. The lowest BCUT2D eigenvalue weighted by atomic mass is 9.83. The quantitative estimate of drug-likeness (QED) is 0.746. The third kappa shape index (κ3) is 5.60. The van der Waals surface area contributed by atoms with Crippen molar-refractivity contribution in [3.05, 3.63) is 35.4 Å². The van der Waals surface area contributed by atoms with Crippen LogP contribution in [0.1, 0.15) is 62.2 Å². The number of likely N-dealkylation sites (tertiary alicyclic amines) is 1. The number of carbonyl (C=O) groups excluding carboxylic acids is 2. The van der Waals surface area contributed by atoms with Crippen molar-refractivity contribution in [2.24, 2.45) is 11.8 Å². The van der Waals surface area contributed by atoms with Gasteiger partial charge in [0.1, 0.15) is 11.6 Å². The van der Waals surface area contributed by atoms with Crippen LogP contribution in [0.5, 0.6) is 0 Å². The number of hydrogen-bond acceptors (Lipinski definition) is 3. The van der Waals surface area contributed by atoms with Crippen molar-refractivity contribution >= 4 is 11.7 Å². The van der Waals surface area contributed by atoms with Gasteiger partial charge in [0.05, 0.1) is 5.56 Å². The number of carbonyl (C=O) groups is 2. The minimum atomic E-state index is -0.762. The molecule has 1 aliphatic carbocycles. The molecule has 2 aliphatic rings. The lowest BCUT2D eigenvalue weighted by molar-refractivity contribution is -0.119. The van der Waals surface area contributed by atoms with Crippen molar-refractivity contribution in [3.63, 3.8) is 0 Å². The SMILES string of the molecule is CC(=O)NC1CCC(CCN2CCC(C(=O)c3ccc(F)cc3F)CC2)CC1. The van der Waals surface area contributed by atoms with Crippen LogP contribution in [0.25, 0.3) is 0 Å². The molecule has 0 radical (unpaired) electrons. The van der Waals surface area contributed by atoms with E-state index in [0.717, 1.165) is 76.7 Å². The highest BCUT2D eigenvalue weighted by Gasteiger charge is 2.28. The fraction of sp³-hybridized carbons (Fsp3) is 0.636. The number of nitrogens with one attached hydrogen (secondary N) is 1. The number of hydrogen-bond donors (Lipinski definition) is 1. The first-order valence-corrected chi connectivity index (χ1v) is 10.4. The molecule has 0 unspecified atom stereocenters. The number of ketones is 1. The molecule has 1 aliphatic heterocycles. The first-order chi connectivity index (χ1) is 13.4. The van der Waals surface area contributed by atoms with Gasteiger partial charge < -0.3 is 10.2 Å². The molecule has 0 atom stereocenters. The van der Waals surface area contributed by atoms with Crippen LogP contribution in [-0.2, 0) is 4.79 Å². The maximum atomic E-state index is 13.9. The number of halogens is 2. The molecule has 0 spiro atoms. The third-order valence-electron chi connectivity index (χ3n) is 6.26. The van der Waals surface area contributed by atoms with E-state index in [0.29, 0.717) is 12.0 Å². The minimum absolute atomic E-state index is 0.00998. The number of piperidine rings is 1. The molecule has 3 rings (SSSR count). The van der Waals surface area contributed by atoms with Gasteiger partial charge in [-0.3, -0.25) is 9.59 Å². The molecule has 1 N–H and O–H groups in total. The molecular weight excluding hydrogens is 362 g/mol. The van der Waals surface area contributed by atoms with Crippen molar-refractivity contribution < 1.29 is 18.4 Å². The van der Waals surface area contributed by atoms with Crippen LogP contribution in [0.3, 0.4) is 0 Å². The van der Waals surface area contributed by atoms with Gasteiger partial charge in [0.25, 0.3) is 0 Å². The summed E-state index contributed by atoms with van der Waals surface area (Å²) in [6, 6.07) is 3.52. The van der Waals surface area contributed by atoms with E-state index < -0.39 is 11.6 Å². The second-order valence-corrected chi connectivity index (χ2v) is 8.31. The van der Waals surface area contributed by atoms with Crippen molar-refractivity contribution in [1.82, 2.24) is 10.2 Å². The molecule has 154 valence electrons. The van der Waals surface area contributed by atoms with E-state index in [-0.39, 0.29) is 23.2 Å². The van der Waals surface area contributed by atoms with Gasteiger partial charge in [-0.15, -0.1) is 0 Å². The van der Waals surface area contributed by atoms with E-state index in [9.17, 15) is 18.4 Å². The van der Waals surface area contributed by atoms with Crippen LogP contribution in [0, 0.1) is 23.5 Å². The molecule has 0 aromatic heterocycles. The molecule has 0 bridgehead atoms. The van der Waals surface area contributed by atoms with Crippen LogP contribution in [0.2, 0.25) is 0 Å². The largest absolute Gasteiger partial charge is 0.354 e. The molecule has 1 amide bonds. The zero-order chi connectivity index (χ0) is 20.1. The molecular formula is C22H30F2N2O2. The van der Waals surface area contributed by atoms with Crippen molar-refractivity contribution in [3.8, 4) is 0 Å². The summed E-state index contributed by atoms with van der Waals surface area (Å²) in [5, 5.41) is 3.01. The zero-order valence-corrected chi connectivity index (χ0v) is 16.6. The Bertz CT molecular complexity index is 694. The second kappa shape index (κ2) is 9.59. The molecule has 1 saturated heterocycles. The average molecular weight is 392 g/mol. The summed E-state index contributed by atoms with van der Waals surface area (Å²) in [5.74, 6) is -1.03. The fourth-order valence-corrected chi connectivity index (χ4v) is 4.58. The van der Waals surface area contributed by atoms with Gasteiger partial charge >= 0.3 is 0 Å². The van der Waals surface area contributed by atoms with E-state index in [2.05, 4.69) is 10.2 Å². The van der Waals surface area contributed by atoms with Gasteiger partial charge in [-0.2, -0.15) is 0 Å². The van der Waals surface area contributed by atoms with Crippen LogP contribution >= 0.6 is 0 Å². The van der Waals surface area contributed by atoms with Gasteiger partial charge in [0.15, 0.2) is 5.78 Å². The van der Waals surface area contributed by atoms with Crippen molar-refractivity contribution in [2.75, 3.05) is 19.6 Å². The predicted octanol–water partition coefficient (Wildman–Crippen LogP) is 3.94. The average Bonchev–Trinajstić information content (AvgIpc) is 2.67. The Morgan fingerprint density at radius 2 is 1.75 bits per heavy atom. The molecule has 1 saturated carbocycles. The lowest BCUT2D eigenvalue weighted by Crippen LogP contribution is -2.39. The predicted molar refractivity (Wildman–Crippen MR) is 104 cm³/mol. The fourth-order valence-electron chi connectivity index (χ4n) is 4.58. The summed E-state index contributed by atoms with van der Waals surface area (Å²) < 4.78 is 26.9. The van der Waals surface area contributed by atoms with Gasteiger partial charge in [-0.25, -0.2) is 8.78 Å². The number of Topliss-reactive ketones (excluding diaryl/α,β-unsaturated/α-hetero) is 1. The molecule has 28 heavy (non-hydrogen) atoms. The first kappa shape index (κ1) is 20.9. The highest BCUT2D eigenvalue weighted by molar-refractivity contribution is 5.98. The highest BCUT2D eigenvalue weighted by atomic mass is 19.1. The van der Waals surface area contributed by atoms with Gasteiger partial charge in [-0.05, 0) is 82.6 Å². The highest BCUT2D eigenvalue weighted by Crippen LogP contribution is 2.28. The Balaban J connectivity index is 1.39. The Kier molecular flexibility index (Phi) is 7.16. The molecule has 2 fully saturated rings. The summed E-state index contributed by atoms with van der Waals surface area (Å²) in [5.41, 5.74) is 0.00998. The Morgan fingerprint density at radius 1 is 1.07 bits per heavy atom. The van der Waals surface area contributed by atoms with E-state index in [1.165, 1.54) is 6.07 Å². The van der Waals surface area contributed by atoms with Crippen LogP contribution in [-0.4, -0.2) is 42.3 Å². The van der Waals surface area contributed by atoms with Crippen molar-refractivity contribution in [1.29, 1.82) is 0 Å².